The highest BCUT2D eigenvalue weighted by Crippen LogP contribution is 2.62. The Morgan fingerprint density at radius 2 is 1.81 bits per heavy atom. The van der Waals surface area contributed by atoms with Crippen molar-refractivity contribution in [3.05, 3.63) is 12.2 Å². The fourth-order valence-corrected chi connectivity index (χ4v) is 6.71. The summed E-state index contributed by atoms with van der Waals surface area (Å²) >= 11 is 0. The third-order valence-electron chi connectivity index (χ3n) is 8.71. The number of rotatable bonds is 5. The Morgan fingerprint density at radius 1 is 1.12 bits per heavy atom. The van der Waals surface area contributed by atoms with Crippen molar-refractivity contribution in [3.63, 3.8) is 0 Å². The van der Waals surface area contributed by atoms with Gasteiger partial charge in [-0.05, 0) is 62.2 Å². The van der Waals surface area contributed by atoms with Crippen LogP contribution in [0, 0.1) is 29.6 Å². The molecule has 2 N–H and O–H groups in total. The van der Waals surface area contributed by atoms with Crippen molar-refractivity contribution in [3.8, 4) is 0 Å². The number of allylic oxidation sites excluding steroid dienone is 1. The summed E-state index contributed by atoms with van der Waals surface area (Å²) in [6.07, 6.45) is 13.3. The van der Waals surface area contributed by atoms with E-state index in [1.54, 1.807) is 0 Å². The van der Waals surface area contributed by atoms with Crippen LogP contribution in [-0.2, 0) is 19.1 Å². The number of aliphatic hydroxyl groups is 1. The summed E-state index contributed by atoms with van der Waals surface area (Å²) in [7, 11) is 0. The van der Waals surface area contributed by atoms with Crippen LogP contribution in [0.1, 0.15) is 85.5 Å². The molecule has 2 bridgehead atoms. The van der Waals surface area contributed by atoms with Gasteiger partial charge in [-0.3, -0.25) is 0 Å². The molecule has 32 heavy (non-hydrogen) atoms. The molecule has 4 fully saturated rings. The maximum Gasteiger partial charge on any atom is 0.332 e. The largest absolute Gasteiger partial charge is 0.478 e. The summed E-state index contributed by atoms with van der Waals surface area (Å²) in [5, 5.41) is 17.4. The average Bonchev–Trinajstić information content (AvgIpc) is 3.24. The van der Waals surface area contributed by atoms with Crippen LogP contribution in [0.4, 0.5) is 0 Å². The van der Waals surface area contributed by atoms with Crippen LogP contribution in [0.5, 0.6) is 0 Å². The molecule has 0 amide bonds. The van der Waals surface area contributed by atoms with Crippen LogP contribution in [-0.4, -0.2) is 46.1 Å². The molecule has 6 heteroatoms. The summed E-state index contributed by atoms with van der Waals surface area (Å²) in [4.78, 5) is 21.8. The number of carboxylic acids is 1. The standard InChI is InChI=1S/C17H28O4.C9H14O2/c1-10(2)17-7-12-11(3)5-6-13(12)16(4,21-17)14(8-17)20-15(19)9-18;10-9(11)7-6-8-4-2-1-3-5-8/h10-14,18H,5-9H2,1-4H3;6-8H,1-5H2,(H,10,11)/b;7-6+. The zero-order chi connectivity index (χ0) is 23.5. The predicted octanol–water partition coefficient (Wildman–Crippen LogP) is 4.74. The third-order valence-corrected chi connectivity index (χ3v) is 8.71. The van der Waals surface area contributed by atoms with Crippen LogP contribution >= 0.6 is 0 Å². The zero-order valence-electron chi connectivity index (χ0n) is 20.2. The summed E-state index contributed by atoms with van der Waals surface area (Å²) in [6.45, 7) is 8.34. The number of aliphatic carboxylic acids is 1. The lowest BCUT2D eigenvalue weighted by molar-refractivity contribution is -0.214. The number of carboxylic acid groups (broad SMARTS) is 1. The molecule has 2 aliphatic heterocycles. The Kier molecular flexibility index (Phi) is 8.08. The van der Waals surface area contributed by atoms with E-state index in [0.29, 0.717) is 23.7 Å². The molecule has 2 heterocycles. The minimum atomic E-state index is -0.824. The number of carbonyl (C=O) groups is 2. The van der Waals surface area contributed by atoms with E-state index in [-0.39, 0.29) is 17.3 Å². The van der Waals surface area contributed by atoms with E-state index >= 15 is 0 Å². The van der Waals surface area contributed by atoms with Crippen molar-refractivity contribution in [1.29, 1.82) is 0 Å². The highest BCUT2D eigenvalue weighted by atomic mass is 16.6. The molecule has 2 saturated carbocycles. The molecular weight excluding hydrogens is 408 g/mol. The molecule has 0 aromatic heterocycles. The number of ether oxygens (including phenoxy) is 2. The first kappa shape index (κ1) is 25.2. The van der Waals surface area contributed by atoms with Crippen LogP contribution in [0.3, 0.4) is 0 Å². The second-order valence-corrected chi connectivity index (χ2v) is 11.0. The Labute approximate surface area is 192 Å². The van der Waals surface area contributed by atoms with Gasteiger partial charge in [0, 0.05) is 12.5 Å². The number of hydrogen-bond acceptors (Lipinski definition) is 5. The van der Waals surface area contributed by atoms with Crippen molar-refractivity contribution >= 4 is 11.9 Å². The molecular formula is C26H42O6. The lowest BCUT2D eigenvalue weighted by Gasteiger charge is -2.48. The van der Waals surface area contributed by atoms with Gasteiger partial charge in [0.25, 0.3) is 0 Å². The smallest absolute Gasteiger partial charge is 0.332 e. The molecule has 6 nitrogen and oxygen atoms in total. The van der Waals surface area contributed by atoms with Crippen LogP contribution in [0.15, 0.2) is 12.2 Å². The fraction of sp³-hybridized carbons (Fsp3) is 0.846. The first-order valence-electron chi connectivity index (χ1n) is 12.5. The van der Waals surface area contributed by atoms with Gasteiger partial charge in [-0.2, -0.15) is 0 Å². The number of aliphatic hydroxyl groups excluding tert-OH is 1. The van der Waals surface area contributed by atoms with Gasteiger partial charge in [-0.25, -0.2) is 9.59 Å². The van der Waals surface area contributed by atoms with Gasteiger partial charge in [0.05, 0.1) is 5.60 Å². The number of carbonyl (C=O) groups excluding carboxylic acids is 1. The maximum atomic E-state index is 11.6. The van der Waals surface area contributed by atoms with E-state index in [4.69, 9.17) is 19.7 Å². The van der Waals surface area contributed by atoms with Crippen LogP contribution < -0.4 is 0 Å². The molecule has 2 aliphatic carbocycles. The summed E-state index contributed by atoms with van der Waals surface area (Å²) < 4.78 is 12.2. The molecule has 2 saturated heterocycles. The maximum absolute atomic E-state index is 11.6. The van der Waals surface area contributed by atoms with Gasteiger partial charge in [-0.1, -0.05) is 52.5 Å². The minimum absolute atomic E-state index is 0.172. The lowest BCUT2D eigenvalue weighted by Crippen LogP contribution is -2.53. The second kappa shape index (κ2) is 10.3. The van der Waals surface area contributed by atoms with E-state index in [2.05, 4.69) is 27.7 Å². The van der Waals surface area contributed by atoms with E-state index in [0.717, 1.165) is 25.2 Å². The van der Waals surface area contributed by atoms with Gasteiger partial charge < -0.3 is 19.7 Å². The Morgan fingerprint density at radius 3 is 2.41 bits per heavy atom. The molecule has 0 aromatic carbocycles. The van der Waals surface area contributed by atoms with Gasteiger partial charge in [-0.15, -0.1) is 0 Å². The van der Waals surface area contributed by atoms with E-state index in [9.17, 15) is 9.59 Å². The predicted molar refractivity (Wildman–Crippen MR) is 122 cm³/mol. The molecule has 0 radical (unpaired) electrons. The number of esters is 1. The van der Waals surface area contributed by atoms with E-state index in [1.165, 1.54) is 44.6 Å². The number of hydrogen-bond donors (Lipinski definition) is 2. The lowest BCUT2D eigenvalue weighted by atomic mass is 9.72. The van der Waals surface area contributed by atoms with Gasteiger partial charge in [0.1, 0.15) is 18.3 Å². The summed E-state index contributed by atoms with van der Waals surface area (Å²) in [5.41, 5.74) is -0.558. The monoisotopic (exact) mass is 450 g/mol. The molecule has 182 valence electrons. The second-order valence-electron chi connectivity index (χ2n) is 11.0. The molecule has 4 rings (SSSR count). The SMILES string of the molecule is CC1CCC2C1CC1(C(C)C)CC(OC(=O)CO)C2(C)O1.O=C(O)/C=C/C1CCCCC1. The Balaban J connectivity index is 0.000000222. The van der Waals surface area contributed by atoms with E-state index < -0.39 is 18.5 Å². The van der Waals surface area contributed by atoms with Crippen LogP contribution in [0.2, 0.25) is 0 Å². The molecule has 6 unspecified atom stereocenters. The first-order valence-corrected chi connectivity index (χ1v) is 12.5. The van der Waals surface area contributed by atoms with Gasteiger partial charge in [0.2, 0.25) is 0 Å². The minimum Gasteiger partial charge on any atom is -0.478 e. The van der Waals surface area contributed by atoms with Gasteiger partial charge >= 0.3 is 11.9 Å². The summed E-state index contributed by atoms with van der Waals surface area (Å²) in [5.74, 6) is 1.45. The molecule has 0 spiro atoms. The highest BCUT2D eigenvalue weighted by Gasteiger charge is 2.66. The Bertz CT molecular complexity index is 696. The van der Waals surface area contributed by atoms with Crippen molar-refractivity contribution in [1.82, 2.24) is 0 Å². The van der Waals surface area contributed by atoms with Crippen molar-refractivity contribution < 1.29 is 29.3 Å². The molecule has 6 atom stereocenters. The zero-order valence-corrected chi connectivity index (χ0v) is 20.2. The van der Waals surface area contributed by atoms with Crippen molar-refractivity contribution in [2.45, 2.75) is 103 Å². The van der Waals surface area contributed by atoms with Crippen molar-refractivity contribution in [2.75, 3.05) is 6.61 Å². The quantitative estimate of drug-likeness (QED) is 0.464. The Hall–Kier alpha value is -1.40. The topological polar surface area (TPSA) is 93.1 Å². The van der Waals surface area contributed by atoms with Gasteiger partial charge in [0.15, 0.2) is 0 Å². The molecule has 4 aliphatic rings. The average molecular weight is 451 g/mol. The molecule has 0 aromatic rings. The highest BCUT2D eigenvalue weighted by molar-refractivity contribution is 5.79. The summed E-state index contributed by atoms with van der Waals surface area (Å²) in [6, 6.07) is 0. The normalized spacial score (nSPS) is 38.9. The van der Waals surface area contributed by atoms with E-state index in [1.807, 2.05) is 6.08 Å². The first-order chi connectivity index (χ1) is 15.1. The van der Waals surface area contributed by atoms with Crippen molar-refractivity contribution in [2.24, 2.45) is 29.6 Å². The third kappa shape index (κ3) is 5.22. The fourth-order valence-electron chi connectivity index (χ4n) is 6.71. The van der Waals surface area contributed by atoms with Crippen LogP contribution in [0.25, 0.3) is 0 Å². The number of fused-ring (bicyclic) bond motifs is 4.